The number of nitrogens with two attached hydrogens (primary N) is 1. The second-order valence-corrected chi connectivity index (χ2v) is 8.68. The van der Waals surface area contributed by atoms with Gasteiger partial charge in [0.2, 0.25) is 5.91 Å². The minimum Gasteiger partial charge on any atom is -0.444 e. The van der Waals surface area contributed by atoms with E-state index in [1.54, 1.807) is 51.3 Å². The molecule has 9 heteroatoms. The van der Waals surface area contributed by atoms with Gasteiger partial charge in [0.1, 0.15) is 11.2 Å². The summed E-state index contributed by atoms with van der Waals surface area (Å²) in [4.78, 5) is 41.2. The van der Waals surface area contributed by atoms with E-state index in [0.29, 0.717) is 39.3 Å². The van der Waals surface area contributed by atoms with Crippen LogP contribution < -0.4 is 5.73 Å². The third-order valence-electron chi connectivity index (χ3n) is 3.69. The van der Waals surface area contributed by atoms with Crippen LogP contribution in [0.2, 0.25) is 0 Å². The fourth-order valence-corrected chi connectivity index (χ4v) is 2.50. The second-order valence-electron chi connectivity index (χ2n) is 8.68. The lowest BCUT2D eigenvalue weighted by atomic mass is 10.2. The lowest BCUT2D eigenvalue weighted by molar-refractivity contribution is -0.119. The highest BCUT2D eigenvalue weighted by atomic mass is 16.6. The molecule has 1 aliphatic rings. The molecule has 0 aromatic rings. The maximum atomic E-state index is 12.5. The highest BCUT2D eigenvalue weighted by molar-refractivity contribution is 5.76. The molecule has 0 aromatic heterocycles. The van der Waals surface area contributed by atoms with Crippen LogP contribution in [0.5, 0.6) is 0 Å². The molecule has 3 amide bonds. The molecule has 0 saturated carbocycles. The first kappa shape index (κ1) is 23.0. The average Bonchev–Trinajstić information content (AvgIpc) is 2.54. The average molecular weight is 386 g/mol. The molecule has 0 atom stereocenters. The summed E-state index contributed by atoms with van der Waals surface area (Å²) in [5.41, 5.74) is 4.08. The van der Waals surface area contributed by atoms with Crippen LogP contribution in [0.1, 0.15) is 41.5 Å². The van der Waals surface area contributed by atoms with Crippen molar-refractivity contribution in [3.8, 4) is 0 Å². The van der Waals surface area contributed by atoms with Gasteiger partial charge in [-0.05, 0) is 41.5 Å². The van der Waals surface area contributed by atoms with Gasteiger partial charge in [-0.1, -0.05) is 0 Å². The topological polar surface area (TPSA) is 105 Å². The molecular formula is C18H34N4O5. The zero-order chi connectivity index (χ0) is 20.8. The normalized spacial score (nSPS) is 17.6. The Labute approximate surface area is 161 Å². The van der Waals surface area contributed by atoms with Gasteiger partial charge in [0, 0.05) is 39.3 Å². The Morgan fingerprint density at radius 1 is 0.741 bits per heavy atom. The van der Waals surface area contributed by atoms with Crippen LogP contribution in [0, 0.1) is 0 Å². The summed E-state index contributed by atoms with van der Waals surface area (Å²) in [6.07, 6.45) is -0.903. The predicted molar refractivity (Wildman–Crippen MR) is 101 cm³/mol. The number of hydrogen-bond donors (Lipinski definition) is 1. The van der Waals surface area contributed by atoms with Crippen molar-refractivity contribution in [2.24, 2.45) is 5.73 Å². The van der Waals surface area contributed by atoms with E-state index in [0.717, 1.165) is 0 Å². The Morgan fingerprint density at radius 2 is 1.07 bits per heavy atom. The van der Waals surface area contributed by atoms with Gasteiger partial charge >= 0.3 is 12.2 Å². The molecule has 0 aliphatic carbocycles. The number of carbonyl (C=O) groups excluding carboxylic acids is 3. The first-order valence-electron chi connectivity index (χ1n) is 9.23. The van der Waals surface area contributed by atoms with E-state index in [2.05, 4.69) is 0 Å². The number of ether oxygens (including phenoxy) is 2. The molecule has 0 aromatic carbocycles. The zero-order valence-corrected chi connectivity index (χ0v) is 17.4. The van der Waals surface area contributed by atoms with E-state index < -0.39 is 29.3 Å². The first-order chi connectivity index (χ1) is 12.3. The van der Waals surface area contributed by atoms with Crippen LogP contribution in [-0.2, 0) is 14.3 Å². The van der Waals surface area contributed by atoms with E-state index in [9.17, 15) is 14.4 Å². The number of primary amides is 1. The number of nitrogens with zero attached hydrogens (tertiary/aromatic N) is 3. The van der Waals surface area contributed by atoms with Crippen LogP contribution >= 0.6 is 0 Å². The van der Waals surface area contributed by atoms with E-state index in [4.69, 9.17) is 15.2 Å². The molecule has 2 N–H and O–H groups in total. The number of carbonyl (C=O) groups is 3. The summed E-state index contributed by atoms with van der Waals surface area (Å²) in [7, 11) is 0. The van der Waals surface area contributed by atoms with Gasteiger partial charge in [0.15, 0.2) is 0 Å². The third kappa shape index (κ3) is 9.46. The second kappa shape index (κ2) is 9.25. The number of amides is 3. The van der Waals surface area contributed by atoms with Crippen LogP contribution in [-0.4, -0.2) is 89.8 Å². The Morgan fingerprint density at radius 3 is 1.37 bits per heavy atom. The van der Waals surface area contributed by atoms with Crippen LogP contribution in [0.15, 0.2) is 0 Å². The van der Waals surface area contributed by atoms with Crippen molar-refractivity contribution >= 4 is 18.1 Å². The minimum atomic E-state index is -0.618. The molecule has 1 heterocycles. The molecule has 0 unspecified atom stereocenters. The Kier molecular flexibility index (Phi) is 7.89. The van der Waals surface area contributed by atoms with Gasteiger partial charge in [0.25, 0.3) is 0 Å². The number of rotatable bonds is 2. The van der Waals surface area contributed by atoms with Crippen LogP contribution in [0.4, 0.5) is 9.59 Å². The van der Waals surface area contributed by atoms with Gasteiger partial charge in [-0.3, -0.25) is 9.69 Å². The van der Waals surface area contributed by atoms with Crippen molar-refractivity contribution in [3.63, 3.8) is 0 Å². The number of hydrogen-bond acceptors (Lipinski definition) is 6. The molecule has 0 spiro atoms. The van der Waals surface area contributed by atoms with Crippen LogP contribution in [0.3, 0.4) is 0 Å². The molecule has 9 nitrogen and oxygen atoms in total. The fourth-order valence-electron chi connectivity index (χ4n) is 2.50. The van der Waals surface area contributed by atoms with Crippen LogP contribution in [0.25, 0.3) is 0 Å². The molecule has 27 heavy (non-hydrogen) atoms. The summed E-state index contributed by atoms with van der Waals surface area (Å²) in [5.74, 6) is -0.457. The lowest BCUT2D eigenvalue weighted by Gasteiger charge is -2.30. The molecule has 1 rings (SSSR count). The monoisotopic (exact) mass is 386 g/mol. The van der Waals surface area contributed by atoms with Gasteiger partial charge < -0.3 is 25.0 Å². The Balaban J connectivity index is 2.91. The molecule has 0 bridgehead atoms. The van der Waals surface area contributed by atoms with Crippen molar-refractivity contribution in [1.82, 2.24) is 14.7 Å². The van der Waals surface area contributed by atoms with Gasteiger partial charge in [0.05, 0.1) is 6.54 Å². The minimum absolute atomic E-state index is 0.0598. The zero-order valence-electron chi connectivity index (χ0n) is 17.4. The van der Waals surface area contributed by atoms with E-state index in [-0.39, 0.29) is 6.54 Å². The molecule has 0 radical (unpaired) electrons. The Hall–Kier alpha value is -2.03. The first-order valence-corrected chi connectivity index (χ1v) is 9.23. The van der Waals surface area contributed by atoms with Gasteiger partial charge in [-0.2, -0.15) is 0 Å². The standard InChI is InChI=1S/C18H34N4O5/c1-17(2,3)26-15(24)21-9-7-20(13-14(19)23)8-10-22(12-11-21)16(25)27-18(4,5)6/h7-13H2,1-6H3,(H2,19,23). The van der Waals surface area contributed by atoms with E-state index >= 15 is 0 Å². The highest BCUT2D eigenvalue weighted by Gasteiger charge is 2.28. The quantitative estimate of drug-likeness (QED) is 0.766. The molecule has 1 fully saturated rings. The molecular weight excluding hydrogens is 352 g/mol. The molecule has 1 aliphatic heterocycles. The summed E-state index contributed by atoms with van der Waals surface area (Å²) in [5, 5.41) is 0. The summed E-state index contributed by atoms with van der Waals surface area (Å²) >= 11 is 0. The maximum Gasteiger partial charge on any atom is 0.410 e. The summed E-state index contributed by atoms with van der Waals surface area (Å²) < 4.78 is 10.9. The van der Waals surface area contributed by atoms with Gasteiger partial charge in [-0.25, -0.2) is 9.59 Å². The van der Waals surface area contributed by atoms with Gasteiger partial charge in [-0.15, -0.1) is 0 Å². The van der Waals surface area contributed by atoms with E-state index in [1.165, 1.54) is 0 Å². The van der Waals surface area contributed by atoms with Crippen molar-refractivity contribution in [1.29, 1.82) is 0 Å². The summed E-state index contributed by atoms with van der Waals surface area (Å²) in [6, 6.07) is 0. The maximum absolute atomic E-state index is 12.5. The summed E-state index contributed by atoms with van der Waals surface area (Å²) in [6.45, 7) is 13.2. The van der Waals surface area contributed by atoms with Crippen molar-refractivity contribution in [2.75, 3.05) is 45.8 Å². The van der Waals surface area contributed by atoms with E-state index in [1.807, 2.05) is 4.90 Å². The van der Waals surface area contributed by atoms with Crippen molar-refractivity contribution < 1.29 is 23.9 Å². The highest BCUT2D eigenvalue weighted by Crippen LogP contribution is 2.13. The smallest absolute Gasteiger partial charge is 0.410 e. The fraction of sp³-hybridized carbons (Fsp3) is 0.833. The largest absolute Gasteiger partial charge is 0.444 e. The SMILES string of the molecule is CC(C)(C)OC(=O)N1CCN(CC(N)=O)CCN(C(=O)OC(C)(C)C)CC1. The lowest BCUT2D eigenvalue weighted by Crippen LogP contribution is -2.44. The third-order valence-corrected chi connectivity index (χ3v) is 3.69. The van der Waals surface area contributed by atoms with Crippen molar-refractivity contribution in [3.05, 3.63) is 0 Å². The Bertz CT molecular complexity index is 499. The predicted octanol–water partition coefficient (Wildman–Crippen LogP) is 1.26. The molecule has 1 saturated heterocycles. The molecule has 156 valence electrons. The van der Waals surface area contributed by atoms with Crippen molar-refractivity contribution in [2.45, 2.75) is 52.7 Å².